The lowest BCUT2D eigenvalue weighted by atomic mass is 10.1. The first-order chi connectivity index (χ1) is 6.25. The van der Waals surface area contributed by atoms with Crippen LogP contribution < -0.4 is 0 Å². The van der Waals surface area contributed by atoms with E-state index in [-0.39, 0.29) is 0 Å². The molecule has 1 saturated carbocycles. The minimum absolute atomic E-state index is 0.394. The molecule has 1 unspecified atom stereocenters. The molecule has 1 heterocycles. The molecule has 3 heteroatoms. The maximum atomic E-state index is 9.77. The van der Waals surface area contributed by atoms with Crippen molar-refractivity contribution in [3.05, 3.63) is 23.8 Å². The van der Waals surface area contributed by atoms with Crippen LogP contribution in [0.4, 0.5) is 0 Å². The molecule has 0 spiro atoms. The van der Waals surface area contributed by atoms with E-state index in [0.29, 0.717) is 0 Å². The Morgan fingerprint density at radius 3 is 3.00 bits per heavy atom. The highest BCUT2D eigenvalue weighted by molar-refractivity contribution is 5.05. The summed E-state index contributed by atoms with van der Waals surface area (Å²) in [4.78, 5) is 8.19. The zero-order chi connectivity index (χ0) is 9.26. The van der Waals surface area contributed by atoms with Gasteiger partial charge in [0, 0.05) is 6.20 Å². The molecule has 0 aliphatic heterocycles. The van der Waals surface area contributed by atoms with Crippen LogP contribution in [0.3, 0.4) is 0 Å². The number of aryl methyl sites for hydroxylation is 1. The molecule has 1 aromatic heterocycles. The van der Waals surface area contributed by atoms with Gasteiger partial charge in [0.1, 0.15) is 5.82 Å². The summed E-state index contributed by atoms with van der Waals surface area (Å²) in [6, 6.07) is 1.79. The normalized spacial score (nSPS) is 18.6. The molecule has 3 nitrogen and oxygen atoms in total. The molecule has 0 aromatic carbocycles. The van der Waals surface area contributed by atoms with Gasteiger partial charge in [-0.2, -0.15) is 0 Å². The van der Waals surface area contributed by atoms with Crippen LogP contribution in [0.15, 0.2) is 12.3 Å². The van der Waals surface area contributed by atoms with Gasteiger partial charge in [0.15, 0.2) is 0 Å². The molecule has 0 bridgehead atoms. The van der Waals surface area contributed by atoms with Crippen LogP contribution in [-0.2, 0) is 0 Å². The fourth-order valence-corrected chi connectivity index (χ4v) is 1.45. The highest BCUT2D eigenvalue weighted by Crippen LogP contribution is 2.36. The van der Waals surface area contributed by atoms with Crippen molar-refractivity contribution in [2.75, 3.05) is 0 Å². The third kappa shape index (κ3) is 2.25. The molecule has 1 aliphatic rings. The fraction of sp³-hybridized carbons (Fsp3) is 0.600. The number of hydrogen-bond acceptors (Lipinski definition) is 3. The first kappa shape index (κ1) is 8.63. The van der Waals surface area contributed by atoms with Crippen molar-refractivity contribution in [1.82, 2.24) is 9.97 Å². The molecule has 70 valence electrons. The van der Waals surface area contributed by atoms with Crippen LogP contribution in [0.1, 0.15) is 36.9 Å². The lowest BCUT2D eigenvalue weighted by Crippen LogP contribution is -2.03. The van der Waals surface area contributed by atoms with Gasteiger partial charge in [0.25, 0.3) is 0 Å². The monoisotopic (exact) mass is 178 g/mol. The molecule has 0 radical (unpaired) electrons. The van der Waals surface area contributed by atoms with Crippen molar-refractivity contribution < 1.29 is 5.11 Å². The fourth-order valence-electron chi connectivity index (χ4n) is 1.45. The van der Waals surface area contributed by atoms with Crippen molar-refractivity contribution in [2.45, 2.75) is 32.3 Å². The van der Waals surface area contributed by atoms with Gasteiger partial charge >= 0.3 is 0 Å². The predicted octanol–water partition coefficient (Wildman–Crippen LogP) is 1.62. The molecule has 0 saturated heterocycles. The van der Waals surface area contributed by atoms with E-state index in [9.17, 15) is 5.11 Å². The van der Waals surface area contributed by atoms with Gasteiger partial charge in [-0.1, -0.05) is 12.8 Å². The van der Waals surface area contributed by atoms with Gasteiger partial charge in [0.2, 0.25) is 0 Å². The third-order valence-corrected chi connectivity index (χ3v) is 2.39. The van der Waals surface area contributed by atoms with Crippen LogP contribution in [0, 0.1) is 12.8 Å². The Hall–Kier alpha value is -0.960. The minimum Gasteiger partial charge on any atom is -0.387 e. The standard InChI is InChI=1S/C10H14N2O/c1-7-11-5-4-9(12-7)10(13)6-8-2-3-8/h4-5,8,10,13H,2-3,6H2,1H3. The molecule has 1 aromatic rings. The Bertz CT molecular complexity index is 297. The zero-order valence-electron chi connectivity index (χ0n) is 7.77. The van der Waals surface area contributed by atoms with Crippen molar-refractivity contribution in [3.63, 3.8) is 0 Å². The van der Waals surface area contributed by atoms with Crippen LogP contribution >= 0.6 is 0 Å². The summed E-state index contributed by atoms with van der Waals surface area (Å²) in [6.07, 6.45) is 4.70. The van der Waals surface area contributed by atoms with Gasteiger partial charge in [-0.05, 0) is 25.3 Å². The highest BCUT2D eigenvalue weighted by atomic mass is 16.3. The first-order valence-electron chi connectivity index (χ1n) is 4.73. The molecule has 0 amide bonds. The van der Waals surface area contributed by atoms with E-state index in [1.807, 2.05) is 6.92 Å². The maximum absolute atomic E-state index is 9.77. The maximum Gasteiger partial charge on any atom is 0.125 e. The van der Waals surface area contributed by atoms with Crippen molar-refractivity contribution in [1.29, 1.82) is 0 Å². The highest BCUT2D eigenvalue weighted by Gasteiger charge is 2.25. The van der Waals surface area contributed by atoms with Gasteiger partial charge in [-0.25, -0.2) is 9.97 Å². The Kier molecular flexibility index (Phi) is 2.27. The molecule has 2 rings (SSSR count). The van der Waals surface area contributed by atoms with Crippen molar-refractivity contribution in [3.8, 4) is 0 Å². The number of rotatable bonds is 3. The summed E-state index contributed by atoms with van der Waals surface area (Å²) < 4.78 is 0. The van der Waals surface area contributed by atoms with Crippen molar-refractivity contribution >= 4 is 0 Å². The predicted molar refractivity (Wildman–Crippen MR) is 49.1 cm³/mol. The quantitative estimate of drug-likeness (QED) is 0.765. The Morgan fingerprint density at radius 1 is 1.62 bits per heavy atom. The molecule has 1 N–H and O–H groups in total. The minimum atomic E-state index is -0.394. The second kappa shape index (κ2) is 3.42. The average Bonchev–Trinajstić information content (AvgIpc) is 2.88. The smallest absolute Gasteiger partial charge is 0.125 e. The zero-order valence-corrected chi connectivity index (χ0v) is 7.77. The largest absolute Gasteiger partial charge is 0.387 e. The van der Waals surface area contributed by atoms with Crippen LogP contribution in [0.25, 0.3) is 0 Å². The van der Waals surface area contributed by atoms with Gasteiger partial charge in [0.05, 0.1) is 11.8 Å². The molecule has 1 atom stereocenters. The number of hydrogen-bond donors (Lipinski definition) is 1. The number of nitrogens with zero attached hydrogens (tertiary/aromatic N) is 2. The Labute approximate surface area is 77.8 Å². The second-order valence-corrected chi connectivity index (χ2v) is 3.72. The molecule has 1 aliphatic carbocycles. The van der Waals surface area contributed by atoms with Gasteiger partial charge < -0.3 is 5.11 Å². The molecular formula is C10H14N2O. The summed E-state index contributed by atoms with van der Waals surface area (Å²) in [6.45, 7) is 1.84. The van der Waals surface area contributed by atoms with E-state index in [0.717, 1.165) is 23.9 Å². The van der Waals surface area contributed by atoms with E-state index >= 15 is 0 Å². The lowest BCUT2D eigenvalue weighted by Gasteiger charge is -2.08. The van der Waals surface area contributed by atoms with Gasteiger partial charge in [-0.15, -0.1) is 0 Å². The van der Waals surface area contributed by atoms with E-state index in [1.54, 1.807) is 12.3 Å². The third-order valence-electron chi connectivity index (χ3n) is 2.39. The number of aromatic nitrogens is 2. The molecule has 13 heavy (non-hydrogen) atoms. The van der Waals surface area contributed by atoms with E-state index in [1.165, 1.54) is 12.8 Å². The molecular weight excluding hydrogens is 164 g/mol. The van der Waals surface area contributed by atoms with Crippen LogP contribution in [-0.4, -0.2) is 15.1 Å². The van der Waals surface area contributed by atoms with E-state index in [2.05, 4.69) is 9.97 Å². The summed E-state index contributed by atoms with van der Waals surface area (Å²) in [7, 11) is 0. The average molecular weight is 178 g/mol. The van der Waals surface area contributed by atoms with Crippen LogP contribution in [0.2, 0.25) is 0 Å². The van der Waals surface area contributed by atoms with E-state index < -0.39 is 6.10 Å². The lowest BCUT2D eigenvalue weighted by molar-refractivity contribution is 0.155. The molecule has 1 fully saturated rings. The SMILES string of the molecule is Cc1nccc(C(O)CC2CC2)n1. The first-order valence-corrected chi connectivity index (χ1v) is 4.73. The van der Waals surface area contributed by atoms with Gasteiger partial charge in [-0.3, -0.25) is 0 Å². The summed E-state index contributed by atoms with van der Waals surface area (Å²) >= 11 is 0. The summed E-state index contributed by atoms with van der Waals surface area (Å²) in [5.41, 5.74) is 0.763. The number of aliphatic hydroxyl groups is 1. The van der Waals surface area contributed by atoms with Crippen molar-refractivity contribution in [2.24, 2.45) is 5.92 Å². The topological polar surface area (TPSA) is 46.0 Å². The summed E-state index contributed by atoms with van der Waals surface area (Å²) in [5.74, 6) is 1.46. The Balaban J connectivity index is 2.04. The van der Waals surface area contributed by atoms with E-state index in [4.69, 9.17) is 0 Å². The second-order valence-electron chi connectivity index (χ2n) is 3.72. The van der Waals surface area contributed by atoms with Crippen LogP contribution in [0.5, 0.6) is 0 Å². The number of aliphatic hydroxyl groups excluding tert-OH is 1. The summed E-state index contributed by atoms with van der Waals surface area (Å²) in [5, 5.41) is 9.77. The Morgan fingerprint density at radius 2 is 2.38 bits per heavy atom.